The summed E-state index contributed by atoms with van der Waals surface area (Å²) in [5.41, 5.74) is 7.53. The van der Waals surface area contributed by atoms with Crippen LogP contribution in [-0.4, -0.2) is 11.1 Å². The Bertz CT molecular complexity index is 616. The summed E-state index contributed by atoms with van der Waals surface area (Å²) < 4.78 is 0. The van der Waals surface area contributed by atoms with Crippen LogP contribution in [0.5, 0.6) is 0 Å². The molecule has 19 heavy (non-hydrogen) atoms. The van der Waals surface area contributed by atoms with Gasteiger partial charge in [-0.25, -0.2) is 4.79 Å². The molecule has 2 rings (SSSR count). The lowest BCUT2D eigenvalue weighted by Gasteiger charge is -2.07. The molecule has 5 heteroatoms. The number of carboxylic acid groups (broad SMARTS) is 1. The zero-order valence-corrected chi connectivity index (χ0v) is 11.5. The highest BCUT2D eigenvalue weighted by Gasteiger charge is 2.07. The van der Waals surface area contributed by atoms with Gasteiger partial charge >= 0.3 is 5.97 Å². The number of benzene rings is 2. The molecule has 0 spiro atoms. The van der Waals surface area contributed by atoms with Crippen LogP contribution in [0.15, 0.2) is 47.4 Å². The molecule has 2 aromatic carbocycles. The van der Waals surface area contributed by atoms with Gasteiger partial charge in [0.15, 0.2) is 0 Å². The van der Waals surface area contributed by atoms with E-state index < -0.39 is 5.97 Å². The van der Waals surface area contributed by atoms with Crippen LogP contribution >= 0.6 is 23.4 Å². The van der Waals surface area contributed by atoms with Gasteiger partial charge in [0.25, 0.3) is 0 Å². The molecule has 0 saturated carbocycles. The number of aromatic carboxylic acids is 1. The molecule has 0 radical (unpaired) electrons. The van der Waals surface area contributed by atoms with Crippen LogP contribution in [0, 0.1) is 0 Å². The van der Waals surface area contributed by atoms with Gasteiger partial charge in [-0.1, -0.05) is 29.8 Å². The number of nitrogen functional groups attached to an aromatic ring is 1. The van der Waals surface area contributed by atoms with E-state index in [-0.39, 0.29) is 5.56 Å². The van der Waals surface area contributed by atoms with E-state index in [1.165, 1.54) is 17.8 Å². The first-order valence-corrected chi connectivity index (χ1v) is 6.93. The summed E-state index contributed by atoms with van der Waals surface area (Å²) in [6.45, 7) is 0. The van der Waals surface area contributed by atoms with Crippen molar-refractivity contribution in [2.24, 2.45) is 0 Å². The van der Waals surface area contributed by atoms with E-state index >= 15 is 0 Å². The SMILES string of the molecule is Nc1cc(C(=O)O)ccc1SCc1ccccc1Cl. The smallest absolute Gasteiger partial charge is 0.335 e. The van der Waals surface area contributed by atoms with Crippen molar-refractivity contribution in [3.63, 3.8) is 0 Å². The Morgan fingerprint density at radius 1 is 1.26 bits per heavy atom. The standard InChI is InChI=1S/C14H12ClNO2S/c15-11-4-2-1-3-10(11)8-19-13-6-5-9(14(17)18)7-12(13)16/h1-7H,8,16H2,(H,17,18). The zero-order valence-electron chi connectivity index (χ0n) is 9.97. The van der Waals surface area contributed by atoms with Crippen molar-refractivity contribution in [2.45, 2.75) is 10.6 Å². The number of thioether (sulfide) groups is 1. The van der Waals surface area contributed by atoms with Crippen LogP contribution in [0.2, 0.25) is 5.02 Å². The average Bonchev–Trinajstić information content (AvgIpc) is 2.39. The number of hydrogen-bond acceptors (Lipinski definition) is 3. The Morgan fingerprint density at radius 2 is 2.00 bits per heavy atom. The van der Waals surface area contributed by atoms with Gasteiger partial charge in [-0.2, -0.15) is 0 Å². The molecule has 0 aliphatic rings. The second-order valence-electron chi connectivity index (χ2n) is 3.94. The maximum atomic E-state index is 10.8. The lowest BCUT2D eigenvalue weighted by atomic mass is 10.2. The number of carboxylic acids is 1. The maximum absolute atomic E-state index is 10.8. The molecule has 2 aromatic rings. The summed E-state index contributed by atoms with van der Waals surface area (Å²) in [5.74, 6) is -0.287. The Balaban J connectivity index is 2.12. The molecule has 3 nitrogen and oxygen atoms in total. The fraction of sp³-hybridized carbons (Fsp3) is 0.0714. The Kier molecular flexibility index (Phi) is 4.35. The Labute approximate surface area is 120 Å². The molecule has 3 N–H and O–H groups in total. The Morgan fingerprint density at radius 3 is 2.63 bits per heavy atom. The number of carbonyl (C=O) groups is 1. The predicted octanol–water partition coefficient (Wildman–Crippen LogP) is 3.91. The third-order valence-electron chi connectivity index (χ3n) is 2.60. The van der Waals surface area contributed by atoms with E-state index in [4.69, 9.17) is 22.4 Å². The van der Waals surface area contributed by atoms with Gasteiger partial charge in [0.05, 0.1) is 5.56 Å². The molecule has 0 aliphatic carbocycles. The molecule has 0 amide bonds. The van der Waals surface area contributed by atoms with E-state index in [0.29, 0.717) is 11.4 Å². The highest BCUT2D eigenvalue weighted by Crippen LogP contribution is 2.30. The number of anilines is 1. The summed E-state index contributed by atoms with van der Waals surface area (Å²) in [7, 11) is 0. The third-order valence-corrected chi connectivity index (χ3v) is 4.10. The van der Waals surface area contributed by atoms with Crippen molar-refractivity contribution in [3.05, 3.63) is 58.6 Å². The monoisotopic (exact) mass is 293 g/mol. The Hall–Kier alpha value is -1.65. The predicted molar refractivity (Wildman–Crippen MR) is 78.8 cm³/mol. The second-order valence-corrected chi connectivity index (χ2v) is 5.36. The molecule has 0 saturated heterocycles. The van der Waals surface area contributed by atoms with Crippen molar-refractivity contribution < 1.29 is 9.90 Å². The van der Waals surface area contributed by atoms with Crippen molar-refractivity contribution in [2.75, 3.05) is 5.73 Å². The van der Waals surface area contributed by atoms with Gasteiger partial charge in [-0.15, -0.1) is 11.8 Å². The van der Waals surface area contributed by atoms with Crippen LogP contribution in [-0.2, 0) is 5.75 Å². The minimum Gasteiger partial charge on any atom is -0.478 e. The van der Waals surface area contributed by atoms with Crippen LogP contribution in [0.25, 0.3) is 0 Å². The first-order chi connectivity index (χ1) is 9.08. The van der Waals surface area contributed by atoms with Gasteiger partial charge in [-0.05, 0) is 29.8 Å². The topological polar surface area (TPSA) is 63.3 Å². The fourth-order valence-corrected chi connectivity index (χ4v) is 2.82. The molecular formula is C14H12ClNO2S. The minimum absolute atomic E-state index is 0.194. The first-order valence-electron chi connectivity index (χ1n) is 5.57. The average molecular weight is 294 g/mol. The van der Waals surface area contributed by atoms with E-state index in [0.717, 1.165) is 15.5 Å². The normalized spacial score (nSPS) is 10.4. The van der Waals surface area contributed by atoms with E-state index in [1.807, 2.05) is 24.3 Å². The number of hydrogen-bond donors (Lipinski definition) is 2. The molecule has 0 heterocycles. The molecule has 0 atom stereocenters. The summed E-state index contributed by atoms with van der Waals surface area (Å²) in [5, 5.41) is 9.58. The maximum Gasteiger partial charge on any atom is 0.335 e. The lowest BCUT2D eigenvalue weighted by molar-refractivity contribution is 0.0697. The van der Waals surface area contributed by atoms with Gasteiger partial charge in [0.1, 0.15) is 0 Å². The van der Waals surface area contributed by atoms with Crippen LogP contribution < -0.4 is 5.73 Å². The first kappa shape index (κ1) is 13.8. The van der Waals surface area contributed by atoms with E-state index in [1.54, 1.807) is 12.1 Å². The molecule has 0 bridgehead atoms. The summed E-state index contributed by atoms with van der Waals surface area (Å²) in [6, 6.07) is 12.3. The fourth-order valence-electron chi connectivity index (χ4n) is 1.58. The van der Waals surface area contributed by atoms with E-state index in [2.05, 4.69) is 0 Å². The largest absolute Gasteiger partial charge is 0.478 e. The highest BCUT2D eigenvalue weighted by atomic mass is 35.5. The van der Waals surface area contributed by atoms with Crippen molar-refractivity contribution >= 4 is 35.0 Å². The van der Waals surface area contributed by atoms with Crippen molar-refractivity contribution in [3.8, 4) is 0 Å². The van der Waals surface area contributed by atoms with Crippen LogP contribution in [0.1, 0.15) is 15.9 Å². The van der Waals surface area contributed by atoms with Gasteiger partial charge in [0, 0.05) is 21.4 Å². The molecule has 0 fully saturated rings. The van der Waals surface area contributed by atoms with Crippen molar-refractivity contribution in [1.29, 1.82) is 0 Å². The quantitative estimate of drug-likeness (QED) is 0.662. The van der Waals surface area contributed by atoms with Crippen molar-refractivity contribution in [1.82, 2.24) is 0 Å². The van der Waals surface area contributed by atoms with Gasteiger partial charge < -0.3 is 10.8 Å². The van der Waals surface area contributed by atoms with Gasteiger partial charge in [0.2, 0.25) is 0 Å². The molecular weight excluding hydrogens is 282 g/mol. The molecule has 0 aromatic heterocycles. The number of nitrogens with two attached hydrogens (primary N) is 1. The van der Waals surface area contributed by atoms with Crippen LogP contribution in [0.4, 0.5) is 5.69 Å². The highest BCUT2D eigenvalue weighted by molar-refractivity contribution is 7.98. The molecule has 0 aliphatic heterocycles. The minimum atomic E-state index is -0.977. The number of rotatable bonds is 4. The van der Waals surface area contributed by atoms with Gasteiger partial charge in [-0.3, -0.25) is 0 Å². The second kappa shape index (κ2) is 5.99. The summed E-state index contributed by atoms with van der Waals surface area (Å²) in [6.07, 6.45) is 0. The van der Waals surface area contributed by atoms with Crippen LogP contribution in [0.3, 0.4) is 0 Å². The van der Waals surface area contributed by atoms with E-state index in [9.17, 15) is 4.79 Å². The third kappa shape index (κ3) is 3.43. The zero-order chi connectivity index (χ0) is 13.8. The summed E-state index contributed by atoms with van der Waals surface area (Å²) >= 11 is 7.61. The lowest BCUT2D eigenvalue weighted by Crippen LogP contribution is -1.98. The molecule has 0 unspecified atom stereocenters. The number of halogens is 1. The molecule has 98 valence electrons. The summed E-state index contributed by atoms with van der Waals surface area (Å²) in [4.78, 5) is 11.7.